The highest BCUT2D eigenvalue weighted by Gasteiger charge is 2.13. The number of allylic oxidation sites excluding steroid dienone is 1. The summed E-state index contributed by atoms with van der Waals surface area (Å²) in [6, 6.07) is 27.8. The monoisotopic (exact) mass is 460 g/mol. The summed E-state index contributed by atoms with van der Waals surface area (Å²) in [5.41, 5.74) is 6.60. The number of amides is 1. The zero-order chi connectivity index (χ0) is 22.2. The third kappa shape index (κ3) is 5.87. The van der Waals surface area contributed by atoms with E-state index in [1.807, 2.05) is 72.8 Å². The minimum Gasteiger partial charge on any atom is -0.314 e. The average Bonchev–Trinajstić information content (AvgIpc) is 3.16. The first kappa shape index (κ1) is 21.9. The Labute approximate surface area is 195 Å². The number of rotatable bonds is 8. The third-order valence-electron chi connectivity index (χ3n) is 4.62. The molecule has 160 valence electrons. The van der Waals surface area contributed by atoms with E-state index < -0.39 is 0 Å². The molecule has 0 unspecified atom stereocenters. The lowest BCUT2D eigenvalue weighted by atomic mass is 10.2. The number of fused-ring (bicyclic) bond motifs is 1. The van der Waals surface area contributed by atoms with Gasteiger partial charge >= 0.3 is 0 Å². The van der Waals surface area contributed by atoms with E-state index in [0.29, 0.717) is 11.6 Å². The third-order valence-corrected chi connectivity index (χ3v) is 5.80. The first-order valence-corrected chi connectivity index (χ1v) is 11.4. The number of hydrazone groups is 1. The molecule has 0 saturated heterocycles. The van der Waals surface area contributed by atoms with Crippen LogP contribution in [0.2, 0.25) is 0 Å². The summed E-state index contributed by atoms with van der Waals surface area (Å²) in [7, 11) is 0. The zero-order valence-corrected chi connectivity index (χ0v) is 18.8. The molecule has 0 bridgehead atoms. The van der Waals surface area contributed by atoms with E-state index in [-0.39, 0.29) is 11.7 Å². The smallest absolute Gasteiger partial charge is 0.250 e. The van der Waals surface area contributed by atoms with E-state index in [1.54, 1.807) is 6.08 Å². The summed E-state index contributed by atoms with van der Waals surface area (Å²) >= 11 is 7.54. The Kier molecular flexibility index (Phi) is 7.38. The highest BCUT2D eigenvalue weighted by atomic mass is 35.5. The van der Waals surface area contributed by atoms with Crippen LogP contribution in [0.1, 0.15) is 11.1 Å². The standard InChI is InChI=1S/C25H21ClN4OS/c26-21(15-19-9-3-1-4-10-19)16-27-29-24(31)18-32-25-28-22-13-7-8-14-23(22)30(25)17-20-11-5-2-6-12-20/h1-16H,17-18H2,(H,29,31). The maximum atomic E-state index is 12.3. The van der Waals surface area contributed by atoms with Crippen molar-refractivity contribution in [2.45, 2.75) is 11.7 Å². The second kappa shape index (κ2) is 10.8. The average molecular weight is 461 g/mol. The molecule has 0 aliphatic carbocycles. The number of imidazole rings is 1. The number of carbonyl (C=O) groups is 1. The number of para-hydroxylation sites is 2. The summed E-state index contributed by atoms with van der Waals surface area (Å²) in [5.74, 6) is -0.0381. The van der Waals surface area contributed by atoms with Crippen LogP contribution in [0.5, 0.6) is 0 Å². The van der Waals surface area contributed by atoms with Gasteiger partial charge in [-0.25, -0.2) is 10.4 Å². The summed E-state index contributed by atoms with van der Waals surface area (Å²) in [6.45, 7) is 0.684. The number of nitrogens with zero attached hydrogens (tertiary/aromatic N) is 3. The number of hydrogen-bond donors (Lipinski definition) is 1. The Hall–Kier alpha value is -3.35. The minimum atomic E-state index is -0.228. The number of thioether (sulfide) groups is 1. The van der Waals surface area contributed by atoms with Gasteiger partial charge in [-0.05, 0) is 29.3 Å². The van der Waals surface area contributed by atoms with Gasteiger partial charge in [0, 0.05) is 0 Å². The maximum absolute atomic E-state index is 12.3. The lowest BCUT2D eigenvalue weighted by molar-refractivity contribution is -0.118. The van der Waals surface area contributed by atoms with Gasteiger partial charge in [-0.1, -0.05) is 96.2 Å². The van der Waals surface area contributed by atoms with Gasteiger partial charge in [0.15, 0.2) is 5.16 Å². The molecule has 0 spiro atoms. The van der Waals surface area contributed by atoms with Crippen LogP contribution in [0.3, 0.4) is 0 Å². The number of aromatic nitrogens is 2. The quantitative estimate of drug-likeness (QED) is 0.213. The second-order valence-electron chi connectivity index (χ2n) is 6.98. The molecule has 4 aromatic rings. The Morgan fingerprint density at radius 1 is 1.00 bits per heavy atom. The van der Waals surface area contributed by atoms with Crippen LogP contribution in [-0.4, -0.2) is 27.4 Å². The van der Waals surface area contributed by atoms with Crippen molar-refractivity contribution in [3.05, 3.63) is 101 Å². The summed E-state index contributed by atoms with van der Waals surface area (Å²) in [4.78, 5) is 17.0. The van der Waals surface area contributed by atoms with Crippen LogP contribution in [0.25, 0.3) is 17.1 Å². The second-order valence-corrected chi connectivity index (χ2v) is 8.36. The molecule has 0 atom stereocenters. The molecule has 1 heterocycles. The van der Waals surface area contributed by atoms with Crippen molar-refractivity contribution in [3.8, 4) is 0 Å². The number of hydrogen-bond acceptors (Lipinski definition) is 4. The van der Waals surface area contributed by atoms with Crippen LogP contribution in [0, 0.1) is 0 Å². The molecule has 3 aromatic carbocycles. The fourth-order valence-corrected chi connectivity index (χ4v) is 4.14. The number of benzene rings is 3. The minimum absolute atomic E-state index is 0.190. The molecule has 0 aliphatic heterocycles. The van der Waals surface area contributed by atoms with Gasteiger partial charge in [0.25, 0.3) is 5.91 Å². The Morgan fingerprint density at radius 3 is 2.47 bits per heavy atom. The summed E-state index contributed by atoms with van der Waals surface area (Å²) in [5, 5.41) is 5.16. The summed E-state index contributed by atoms with van der Waals surface area (Å²) in [6.07, 6.45) is 3.19. The van der Waals surface area contributed by atoms with Crippen molar-refractivity contribution in [2.75, 3.05) is 5.75 Å². The highest BCUT2D eigenvalue weighted by Crippen LogP contribution is 2.25. The molecule has 1 N–H and O–H groups in total. The molecule has 0 fully saturated rings. The van der Waals surface area contributed by atoms with Gasteiger partial charge in [0.05, 0.1) is 34.6 Å². The fraction of sp³-hybridized carbons (Fsp3) is 0.0800. The van der Waals surface area contributed by atoms with Crippen molar-refractivity contribution >= 4 is 52.6 Å². The Bertz CT molecular complexity index is 1250. The van der Waals surface area contributed by atoms with Crippen LogP contribution >= 0.6 is 23.4 Å². The lowest BCUT2D eigenvalue weighted by Gasteiger charge is -2.09. The van der Waals surface area contributed by atoms with E-state index >= 15 is 0 Å². The van der Waals surface area contributed by atoms with Gasteiger partial charge in [-0.2, -0.15) is 5.10 Å². The van der Waals surface area contributed by atoms with Crippen LogP contribution in [0.15, 0.2) is 100 Å². The first-order chi connectivity index (χ1) is 15.7. The molecule has 4 rings (SSSR count). The van der Waals surface area contributed by atoms with E-state index in [1.165, 1.54) is 23.5 Å². The first-order valence-electron chi connectivity index (χ1n) is 10.1. The SMILES string of the molecule is O=C(CSc1nc2ccccc2n1Cc1ccccc1)NN=CC(Cl)=Cc1ccccc1. The molecular formula is C25H21ClN4OS. The van der Waals surface area contributed by atoms with Crippen molar-refractivity contribution in [1.29, 1.82) is 0 Å². The van der Waals surface area contributed by atoms with Crippen LogP contribution in [-0.2, 0) is 11.3 Å². The predicted molar refractivity (Wildman–Crippen MR) is 133 cm³/mol. The molecule has 0 saturated carbocycles. The topological polar surface area (TPSA) is 59.3 Å². The van der Waals surface area contributed by atoms with Crippen molar-refractivity contribution in [2.24, 2.45) is 5.10 Å². The van der Waals surface area contributed by atoms with E-state index in [9.17, 15) is 4.79 Å². The van der Waals surface area contributed by atoms with E-state index in [0.717, 1.165) is 21.8 Å². The molecule has 0 aliphatic rings. The molecule has 0 radical (unpaired) electrons. The van der Waals surface area contributed by atoms with E-state index in [4.69, 9.17) is 16.6 Å². The van der Waals surface area contributed by atoms with Gasteiger partial charge in [-0.3, -0.25) is 4.79 Å². The molecule has 1 amide bonds. The van der Waals surface area contributed by atoms with Gasteiger partial charge in [0.2, 0.25) is 0 Å². The number of nitrogens with one attached hydrogen (secondary N) is 1. The molecule has 32 heavy (non-hydrogen) atoms. The molecule has 1 aromatic heterocycles. The zero-order valence-electron chi connectivity index (χ0n) is 17.2. The van der Waals surface area contributed by atoms with Gasteiger partial charge < -0.3 is 4.57 Å². The van der Waals surface area contributed by atoms with Gasteiger partial charge in [0.1, 0.15) is 0 Å². The van der Waals surface area contributed by atoms with Crippen LogP contribution in [0.4, 0.5) is 0 Å². The normalized spacial score (nSPS) is 11.8. The molecule has 7 heteroatoms. The Morgan fingerprint density at radius 2 is 1.69 bits per heavy atom. The molecular weight excluding hydrogens is 440 g/mol. The Balaban J connectivity index is 1.40. The molecule has 5 nitrogen and oxygen atoms in total. The van der Waals surface area contributed by atoms with Crippen molar-refractivity contribution in [3.63, 3.8) is 0 Å². The van der Waals surface area contributed by atoms with Gasteiger partial charge in [-0.15, -0.1) is 0 Å². The van der Waals surface area contributed by atoms with Crippen molar-refractivity contribution in [1.82, 2.24) is 15.0 Å². The largest absolute Gasteiger partial charge is 0.314 e. The summed E-state index contributed by atoms with van der Waals surface area (Å²) < 4.78 is 2.13. The highest BCUT2D eigenvalue weighted by molar-refractivity contribution is 7.99. The fourth-order valence-electron chi connectivity index (χ4n) is 3.16. The van der Waals surface area contributed by atoms with E-state index in [2.05, 4.69) is 27.2 Å². The van der Waals surface area contributed by atoms with Crippen LogP contribution < -0.4 is 5.43 Å². The number of halogens is 1. The lowest BCUT2D eigenvalue weighted by Crippen LogP contribution is -2.20. The predicted octanol–water partition coefficient (Wildman–Crippen LogP) is 5.56. The van der Waals surface area contributed by atoms with Crippen molar-refractivity contribution < 1.29 is 4.79 Å². The number of carbonyl (C=O) groups excluding carboxylic acids is 1. The maximum Gasteiger partial charge on any atom is 0.250 e.